The normalized spacial score (nSPS) is 16.7. The molecule has 5 aromatic rings. The van der Waals surface area contributed by atoms with Crippen LogP contribution < -0.4 is 28.6 Å². The summed E-state index contributed by atoms with van der Waals surface area (Å²) in [5.74, 6) is 0.562. The molecule has 0 saturated carbocycles. The number of benzene rings is 4. The highest BCUT2D eigenvalue weighted by Gasteiger charge is 2.48. The Balaban J connectivity index is 1.35. The molecule has 2 aliphatic rings. The van der Waals surface area contributed by atoms with E-state index in [1.54, 1.807) is 36.4 Å². The van der Waals surface area contributed by atoms with Gasteiger partial charge in [0.2, 0.25) is 0 Å². The third-order valence-electron chi connectivity index (χ3n) is 7.95. The van der Waals surface area contributed by atoms with Gasteiger partial charge >= 0.3 is 5.91 Å². The van der Waals surface area contributed by atoms with E-state index < -0.39 is 17.7 Å². The van der Waals surface area contributed by atoms with Gasteiger partial charge in [-0.05, 0) is 73.5 Å². The van der Waals surface area contributed by atoms with Crippen LogP contribution in [0.1, 0.15) is 36.6 Å². The highest BCUT2D eigenvalue weighted by Crippen LogP contribution is 2.47. The maximum Gasteiger partial charge on any atom is 0.301 e. The molecule has 0 unspecified atom stereocenters. The molecule has 0 spiro atoms. The van der Waals surface area contributed by atoms with E-state index in [1.807, 2.05) is 62.4 Å². The minimum Gasteiger partial charge on any atom is -0.507 e. The summed E-state index contributed by atoms with van der Waals surface area (Å²) in [7, 11) is 0. The Bertz CT molecular complexity index is 2040. The van der Waals surface area contributed by atoms with Crippen molar-refractivity contribution in [2.75, 3.05) is 31.3 Å². The van der Waals surface area contributed by atoms with Crippen molar-refractivity contribution in [3.63, 3.8) is 0 Å². The molecule has 11 heteroatoms. The van der Waals surface area contributed by atoms with Crippen molar-refractivity contribution in [3.8, 4) is 28.7 Å². The monoisotopic (exact) mass is 664 g/mol. The molecule has 3 heterocycles. The van der Waals surface area contributed by atoms with Crippen molar-refractivity contribution in [3.05, 3.63) is 107 Å². The number of carbonyl (C=O) groups is 2. The van der Waals surface area contributed by atoms with Gasteiger partial charge in [-0.3, -0.25) is 14.5 Å². The zero-order valence-corrected chi connectivity index (χ0v) is 27.1. The molecular weight excluding hydrogens is 632 g/mol. The van der Waals surface area contributed by atoms with E-state index in [0.29, 0.717) is 83.6 Å². The SMILES string of the molecule is CCOc1ccc2nc(N3C(=O)C(=O)C(=C(O)c4ccc5c(c4)OCCO5)[C@@H]3c3ccc(OCc4ccccc4)c(OCC)c3)sc2c1. The molecule has 0 bridgehead atoms. The lowest BCUT2D eigenvalue weighted by Crippen LogP contribution is -2.29. The van der Waals surface area contributed by atoms with Crippen LogP contribution in [0.15, 0.2) is 90.5 Å². The quantitative estimate of drug-likeness (QED) is 0.0951. The van der Waals surface area contributed by atoms with Gasteiger partial charge in [-0.2, -0.15) is 0 Å². The summed E-state index contributed by atoms with van der Waals surface area (Å²) in [6, 6.07) is 24.4. The first kappa shape index (κ1) is 31.1. The fraction of sp³-hybridized carbons (Fsp3) is 0.216. The average molecular weight is 665 g/mol. The smallest absolute Gasteiger partial charge is 0.301 e. The standard InChI is InChI=1S/C37H32N2O8S/c1-3-43-25-12-13-26-31(20-25)48-37(38-26)39-33(23-10-14-28(29(18-23)44-4-2)47-21-22-8-6-5-7-9-22)32(35(41)36(39)42)34(40)24-11-15-27-30(19-24)46-17-16-45-27/h5-15,18-20,33,40H,3-4,16-17,21H2,1-2H3/t33-/m0/s1. The molecule has 1 N–H and O–H groups in total. The van der Waals surface area contributed by atoms with Crippen LogP contribution in [-0.2, 0) is 16.2 Å². The molecule has 0 aliphatic carbocycles. The number of rotatable bonds is 10. The second kappa shape index (κ2) is 13.3. The minimum atomic E-state index is -1.03. The molecule has 4 aromatic carbocycles. The summed E-state index contributed by atoms with van der Waals surface area (Å²) in [4.78, 5) is 33.9. The van der Waals surface area contributed by atoms with Gasteiger partial charge in [0.15, 0.2) is 28.1 Å². The zero-order valence-electron chi connectivity index (χ0n) is 26.3. The number of hydrogen-bond acceptors (Lipinski definition) is 10. The van der Waals surface area contributed by atoms with Gasteiger partial charge in [0.25, 0.3) is 5.78 Å². The third-order valence-corrected chi connectivity index (χ3v) is 8.96. The number of aliphatic hydroxyl groups excluding tert-OH is 1. The Morgan fingerprint density at radius 2 is 1.67 bits per heavy atom. The number of carbonyl (C=O) groups excluding carboxylic acids is 2. The van der Waals surface area contributed by atoms with Crippen LogP contribution >= 0.6 is 11.3 Å². The number of hydrogen-bond donors (Lipinski definition) is 1. The van der Waals surface area contributed by atoms with Crippen LogP contribution in [0.25, 0.3) is 16.0 Å². The van der Waals surface area contributed by atoms with Crippen LogP contribution in [0.3, 0.4) is 0 Å². The number of amides is 1. The molecule has 1 atom stereocenters. The number of nitrogens with zero attached hydrogens (tertiary/aromatic N) is 2. The number of aliphatic hydroxyl groups is 1. The van der Waals surface area contributed by atoms with Gasteiger partial charge in [0, 0.05) is 5.56 Å². The summed E-state index contributed by atoms with van der Waals surface area (Å²) >= 11 is 1.26. The second-order valence-electron chi connectivity index (χ2n) is 11.0. The lowest BCUT2D eigenvalue weighted by Gasteiger charge is -2.24. The first-order valence-corrected chi connectivity index (χ1v) is 16.4. The first-order valence-electron chi connectivity index (χ1n) is 15.6. The number of fused-ring (bicyclic) bond motifs is 2. The van der Waals surface area contributed by atoms with Crippen molar-refractivity contribution in [2.24, 2.45) is 0 Å². The number of aromatic nitrogens is 1. The van der Waals surface area contributed by atoms with Crippen molar-refractivity contribution >= 4 is 44.1 Å². The number of Topliss-reactive ketones (excluding diaryl/α,β-unsaturated/α-hetero) is 1. The minimum absolute atomic E-state index is 0.0914. The van der Waals surface area contributed by atoms with Crippen molar-refractivity contribution in [1.29, 1.82) is 0 Å². The maximum absolute atomic E-state index is 13.9. The number of ether oxygens (including phenoxy) is 5. The lowest BCUT2D eigenvalue weighted by atomic mass is 9.95. The molecule has 1 amide bonds. The van der Waals surface area contributed by atoms with E-state index in [0.717, 1.165) is 10.3 Å². The van der Waals surface area contributed by atoms with E-state index in [1.165, 1.54) is 16.2 Å². The van der Waals surface area contributed by atoms with Gasteiger partial charge in [-0.25, -0.2) is 4.98 Å². The Morgan fingerprint density at radius 3 is 2.46 bits per heavy atom. The van der Waals surface area contributed by atoms with Crippen LogP contribution in [0.2, 0.25) is 0 Å². The molecule has 244 valence electrons. The molecule has 1 aromatic heterocycles. The van der Waals surface area contributed by atoms with Gasteiger partial charge in [-0.15, -0.1) is 0 Å². The van der Waals surface area contributed by atoms with Crippen molar-refractivity contribution in [1.82, 2.24) is 4.98 Å². The van der Waals surface area contributed by atoms with E-state index in [-0.39, 0.29) is 11.3 Å². The fourth-order valence-electron chi connectivity index (χ4n) is 5.76. The summed E-state index contributed by atoms with van der Waals surface area (Å²) < 4.78 is 29.9. The average Bonchev–Trinajstić information content (AvgIpc) is 3.65. The summed E-state index contributed by atoms with van der Waals surface area (Å²) in [6.07, 6.45) is 0. The first-order chi connectivity index (χ1) is 23.4. The van der Waals surface area contributed by atoms with Gasteiger partial charge in [0.05, 0.1) is 35.0 Å². The molecule has 10 nitrogen and oxygen atoms in total. The zero-order chi connectivity index (χ0) is 33.2. The Kier molecular flexibility index (Phi) is 8.60. The van der Waals surface area contributed by atoms with E-state index in [2.05, 4.69) is 0 Å². The van der Waals surface area contributed by atoms with E-state index >= 15 is 0 Å². The Hall–Kier alpha value is -5.55. The predicted molar refractivity (Wildman–Crippen MR) is 181 cm³/mol. The molecule has 48 heavy (non-hydrogen) atoms. The van der Waals surface area contributed by atoms with Crippen LogP contribution in [0.5, 0.6) is 28.7 Å². The predicted octanol–water partition coefficient (Wildman–Crippen LogP) is 7.07. The topological polar surface area (TPSA) is 117 Å². The molecule has 0 radical (unpaired) electrons. The summed E-state index contributed by atoms with van der Waals surface area (Å²) in [5, 5.41) is 12.1. The summed E-state index contributed by atoms with van der Waals surface area (Å²) in [5.41, 5.74) is 2.37. The Labute approximate surface area is 280 Å². The van der Waals surface area contributed by atoms with Crippen molar-refractivity contribution < 1.29 is 38.4 Å². The van der Waals surface area contributed by atoms with E-state index in [9.17, 15) is 14.7 Å². The molecule has 1 fully saturated rings. The summed E-state index contributed by atoms with van der Waals surface area (Å²) in [6.45, 7) is 5.69. The fourth-order valence-corrected chi connectivity index (χ4v) is 6.78. The molecule has 1 saturated heterocycles. The van der Waals surface area contributed by atoms with Gasteiger partial charge < -0.3 is 28.8 Å². The van der Waals surface area contributed by atoms with Gasteiger partial charge in [-0.1, -0.05) is 47.7 Å². The van der Waals surface area contributed by atoms with Crippen LogP contribution in [-0.4, -0.2) is 48.2 Å². The highest BCUT2D eigenvalue weighted by molar-refractivity contribution is 7.22. The third kappa shape index (κ3) is 5.88. The molecule has 7 rings (SSSR count). The highest BCUT2D eigenvalue weighted by atomic mass is 32.1. The van der Waals surface area contributed by atoms with Crippen LogP contribution in [0, 0.1) is 0 Å². The number of thiazole rings is 1. The molecule has 2 aliphatic heterocycles. The largest absolute Gasteiger partial charge is 0.507 e. The molecular formula is C37H32N2O8S. The lowest BCUT2D eigenvalue weighted by molar-refractivity contribution is -0.132. The van der Waals surface area contributed by atoms with Crippen LogP contribution in [0.4, 0.5) is 5.13 Å². The van der Waals surface area contributed by atoms with Gasteiger partial charge in [0.1, 0.15) is 31.3 Å². The second-order valence-corrected chi connectivity index (χ2v) is 12.0. The van der Waals surface area contributed by atoms with Crippen molar-refractivity contribution in [2.45, 2.75) is 26.5 Å². The number of anilines is 1. The Morgan fingerprint density at radius 1 is 0.875 bits per heavy atom. The maximum atomic E-state index is 13.9. The van der Waals surface area contributed by atoms with E-state index in [4.69, 9.17) is 28.7 Å². The number of ketones is 1.